The van der Waals surface area contributed by atoms with Crippen LogP contribution < -0.4 is 16.0 Å². The summed E-state index contributed by atoms with van der Waals surface area (Å²) in [5.41, 5.74) is 1.63. The molecule has 23 heavy (non-hydrogen) atoms. The SMILES string of the molecule is O=C(Nc1ccccc1C(=O)NC1CCNCC1)c1ccsc1. The number of amides is 2. The zero-order valence-electron chi connectivity index (χ0n) is 12.7. The molecule has 0 radical (unpaired) electrons. The van der Waals surface area contributed by atoms with Gasteiger partial charge in [0.05, 0.1) is 16.8 Å². The molecule has 1 aromatic carbocycles. The molecule has 3 N–H and O–H groups in total. The van der Waals surface area contributed by atoms with Gasteiger partial charge in [-0.15, -0.1) is 0 Å². The van der Waals surface area contributed by atoms with Gasteiger partial charge in [-0.25, -0.2) is 0 Å². The second-order valence-corrected chi connectivity index (χ2v) is 6.29. The zero-order valence-corrected chi connectivity index (χ0v) is 13.5. The summed E-state index contributed by atoms with van der Waals surface area (Å²) in [5, 5.41) is 12.8. The van der Waals surface area contributed by atoms with Crippen LogP contribution in [-0.4, -0.2) is 30.9 Å². The fourth-order valence-electron chi connectivity index (χ4n) is 2.61. The van der Waals surface area contributed by atoms with Crippen molar-refractivity contribution in [3.05, 3.63) is 52.2 Å². The highest BCUT2D eigenvalue weighted by Gasteiger charge is 2.19. The van der Waals surface area contributed by atoms with E-state index in [1.54, 1.807) is 29.6 Å². The third kappa shape index (κ3) is 3.97. The fraction of sp³-hybridized carbons (Fsp3) is 0.294. The van der Waals surface area contributed by atoms with Gasteiger partial charge in [0.2, 0.25) is 0 Å². The predicted molar refractivity (Wildman–Crippen MR) is 92.1 cm³/mol. The molecule has 2 aromatic rings. The topological polar surface area (TPSA) is 70.2 Å². The average Bonchev–Trinajstić information content (AvgIpc) is 3.11. The van der Waals surface area contributed by atoms with Crippen LogP contribution in [0.25, 0.3) is 0 Å². The first-order valence-electron chi connectivity index (χ1n) is 7.68. The average molecular weight is 329 g/mol. The van der Waals surface area contributed by atoms with E-state index in [4.69, 9.17) is 0 Å². The second-order valence-electron chi connectivity index (χ2n) is 5.51. The quantitative estimate of drug-likeness (QED) is 0.807. The molecule has 0 bridgehead atoms. The van der Waals surface area contributed by atoms with Crippen LogP contribution in [-0.2, 0) is 0 Å². The number of carbonyl (C=O) groups excluding carboxylic acids is 2. The minimum atomic E-state index is -0.201. The summed E-state index contributed by atoms with van der Waals surface area (Å²) >= 11 is 1.47. The lowest BCUT2D eigenvalue weighted by Crippen LogP contribution is -2.42. The standard InChI is InChI=1S/C17H19N3O2S/c21-16(12-7-10-23-11-12)20-15-4-2-1-3-14(15)17(22)19-13-5-8-18-9-6-13/h1-4,7,10-11,13,18H,5-6,8-9H2,(H,19,22)(H,20,21). The molecule has 5 nitrogen and oxygen atoms in total. The van der Waals surface area contributed by atoms with E-state index in [-0.39, 0.29) is 17.9 Å². The Morgan fingerprint density at radius 3 is 2.61 bits per heavy atom. The summed E-state index contributed by atoms with van der Waals surface area (Å²) < 4.78 is 0. The molecule has 3 rings (SSSR count). The molecular formula is C17H19N3O2S. The van der Waals surface area contributed by atoms with E-state index in [1.165, 1.54) is 11.3 Å². The Labute approximate surface area is 139 Å². The largest absolute Gasteiger partial charge is 0.349 e. The molecule has 1 aliphatic heterocycles. The van der Waals surface area contributed by atoms with Crippen molar-refractivity contribution in [1.29, 1.82) is 0 Å². The maximum Gasteiger partial charge on any atom is 0.256 e. The second kappa shape index (κ2) is 7.39. The number of carbonyl (C=O) groups is 2. The summed E-state index contributed by atoms with van der Waals surface area (Å²) in [4.78, 5) is 24.7. The molecule has 0 aliphatic carbocycles. The zero-order chi connectivity index (χ0) is 16.1. The number of piperidine rings is 1. The number of anilines is 1. The molecule has 0 unspecified atom stereocenters. The van der Waals surface area contributed by atoms with Crippen molar-refractivity contribution in [3.63, 3.8) is 0 Å². The molecule has 1 aliphatic rings. The van der Waals surface area contributed by atoms with Crippen molar-refractivity contribution in [2.75, 3.05) is 18.4 Å². The Kier molecular flexibility index (Phi) is 5.05. The normalized spacial score (nSPS) is 15.1. The molecule has 0 atom stereocenters. The van der Waals surface area contributed by atoms with Gasteiger partial charge in [-0.3, -0.25) is 9.59 Å². The number of hydrogen-bond donors (Lipinski definition) is 3. The number of nitrogens with one attached hydrogen (secondary N) is 3. The number of rotatable bonds is 4. The summed E-state index contributed by atoms with van der Waals surface area (Å²) in [7, 11) is 0. The summed E-state index contributed by atoms with van der Waals surface area (Å²) in [6.45, 7) is 1.84. The first kappa shape index (κ1) is 15.7. The van der Waals surface area contributed by atoms with Crippen LogP contribution >= 0.6 is 11.3 Å². The van der Waals surface area contributed by atoms with E-state index in [2.05, 4.69) is 16.0 Å². The minimum absolute atomic E-state index is 0.141. The van der Waals surface area contributed by atoms with E-state index in [0.717, 1.165) is 25.9 Å². The third-order valence-corrected chi connectivity index (χ3v) is 4.56. The monoisotopic (exact) mass is 329 g/mol. The van der Waals surface area contributed by atoms with Gasteiger partial charge in [-0.05, 0) is 49.5 Å². The number of thiophene rings is 1. The highest BCUT2D eigenvalue weighted by atomic mass is 32.1. The van der Waals surface area contributed by atoms with E-state index >= 15 is 0 Å². The lowest BCUT2D eigenvalue weighted by atomic mass is 10.1. The molecule has 1 saturated heterocycles. The van der Waals surface area contributed by atoms with Crippen molar-refractivity contribution < 1.29 is 9.59 Å². The van der Waals surface area contributed by atoms with Crippen LogP contribution in [0.3, 0.4) is 0 Å². The van der Waals surface area contributed by atoms with Crippen LogP contribution in [0.2, 0.25) is 0 Å². The molecule has 120 valence electrons. The number of para-hydroxylation sites is 1. The Hall–Kier alpha value is -2.18. The Bertz CT molecular complexity index is 679. The first-order valence-corrected chi connectivity index (χ1v) is 8.62. The van der Waals surface area contributed by atoms with E-state index in [0.29, 0.717) is 16.8 Å². The van der Waals surface area contributed by atoms with E-state index < -0.39 is 0 Å². The number of hydrogen-bond acceptors (Lipinski definition) is 4. The number of benzene rings is 1. The van der Waals surface area contributed by atoms with Crippen LogP contribution in [0.1, 0.15) is 33.6 Å². The van der Waals surface area contributed by atoms with Crippen LogP contribution in [0.4, 0.5) is 5.69 Å². The first-order chi connectivity index (χ1) is 11.2. The minimum Gasteiger partial charge on any atom is -0.349 e. The van der Waals surface area contributed by atoms with Crippen LogP contribution in [0, 0.1) is 0 Å². The summed E-state index contributed by atoms with van der Waals surface area (Å²) in [5.74, 6) is -0.341. The molecular weight excluding hydrogens is 310 g/mol. The van der Waals surface area contributed by atoms with Crippen molar-refractivity contribution in [3.8, 4) is 0 Å². The molecule has 2 heterocycles. The van der Waals surface area contributed by atoms with E-state index in [1.807, 2.05) is 11.4 Å². The molecule has 1 fully saturated rings. The highest BCUT2D eigenvalue weighted by Crippen LogP contribution is 2.18. The third-order valence-electron chi connectivity index (χ3n) is 3.88. The Morgan fingerprint density at radius 2 is 1.87 bits per heavy atom. The van der Waals surface area contributed by atoms with Gasteiger partial charge in [-0.1, -0.05) is 12.1 Å². The van der Waals surface area contributed by atoms with Crippen LogP contribution in [0.15, 0.2) is 41.1 Å². The van der Waals surface area contributed by atoms with Crippen molar-refractivity contribution in [1.82, 2.24) is 10.6 Å². The van der Waals surface area contributed by atoms with Gasteiger partial charge >= 0.3 is 0 Å². The van der Waals surface area contributed by atoms with Gasteiger partial charge < -0.3 is 16.0 Å². The lowest BCUT2D eigenvalue weighted by Gasteiger charge is -2.24. The van der Waals surface area contributed by atoms with Crippen molar-refractivity contribution >= 4 is 28.8 Å². The molecule has 2 amide bonds. The van der Waals surface area contributed by atoms with E-state index in [9.17, 15) is 9.59 Å². The van der Waals surface area contributed by atoms with Gasteiger partial charge in [0, 0.05) is 11.4 Å². The summed E-state index contributed by atoms with van der Waals surface area (Å²) in [6.07, 6.45) is 1.85. The molecule has 6 heteroatoms. The molecule has 1 aromatic heterocycles. The predicted octanol–water partition coefficient (Wildman–Crippen LogP) is 2.48. The maximum atomic E-state index is 12.5. The van der Waals surface area contributed by atoms with Gasteiger partial charge in [-0.2, -0.15) is 11.3 Å². The Balaban J connectivity index is 1.72. The van der Waals surface area contributed by atoms with Crippen molar-refractivity contribution in [2.24, 2.45) is 0 Å². The molecule has 0 saturated carbocycles. The molecule has 0 spiro atoms. The van der Waals surface area contributed by atoms with Gasteiger partial charge in [0.15, 0.2) is 0 Å². The van der Waals surface area contributed by atoms with Crippen molar-refractivity contribution in [2.45, 2.75) is 18.9 Å². The highest BCUT2D eigenvalue weighted by molar-refractivity contribution is 7.08. The Morgan fingerprint density at radius 1 is 1.09 bits per heavy atom. The summed E-state index contributed by atoms with van der Waals surface area (Å²) in [6, 6.07) is 9.05. The van der Waals surface area contributed by atoms with Gasteiger partial charge in [0.25, 0.3) is 11.8 Å². The van der Waals surface area contributed by atoms with Gasteiger partial charge in [0.1, 0.15) is 0 Å². The lowest BCUT2D eigenvalue weighted by molar-refractivity contribution is 0.0930. The van der Waals surface area contributed by atoms with Crippen LogP contribution in [0.5, 0.6) is 0 Å². The smallest absolute Gasteiger partial charge is 0.256 e. The fourth-order valence-corrected chi connectivity index (χ4v) is 3.24. The maximum absolute atomic E-state index is 12.5.